The van der Waals surface area contributed by atoms with Gasteiger partial charge in [-0.25, -0.2) is 4.98 Å². The topological polar surface area (TPSA) is 71.1 Å². The van der Waals surface area contributed by atoms with Gasteiger partial charge in [0, 0.05) is 29.1 Å². The van der Waals surface area contributed by atoms with Crippen LogP contribution in [0.1, 0.15) is 20.8 Å². The summed E-state index contributed by atoms with van der Waals surface area (Å²) in [5.74, 6) is -0.485. The molecule has 0 bridgehead atoms. The third kappa shape index (κ3) is 4.33. The molecule has 2 aromatic carbocycles. The van der Waals surface area contributed by atoms with Gasteiger partial charge in [0.25, 0.3) is 11.8 Å². The summed E-state index contributed by atoms with van der Waals surface area (Å²) in [6.07, 6.45) is 0. The fourth-order valence-electron chi connectivity index (χ4n) is 2.34. The summed E-state index contributed by atoms with van der Waals surface area (Å²) in [6.45, 7) is 0.632. The van der Waals surface area contributed by atoms with E-state index in [2.05, 4.69) is 15.6 Å². The van der Waals surface area contributed by atoms with Crippen molar-refractivity contribution in [3.8, 4) is 0 Å². The van der Waals surface area contributed by atoms with E-state index >= 15 is 0 Å². The molecular weight excluding hydrogens is 338 g/mol. The molecule has 1 aromatic heterocycles. The standard InChI is InChI=1S/C19H16ClN3O2/c20-15-8-5-14(6-9-15)18(24)21-11-12-22-19(25)17-10-7-13-3-1-2-4-16(13)23-17/h1-10H,11-12H2,(H,21,24)(H,22,25). The molecule has 0 unspecified atom stereocenters. The molecule has 3 aromatic rings. The van der Waals surface area contributed by atoms with Gasteiger partial charge in [-0.1, -0.05) is 35.9 Å². The lowest BCUT2D eigenvalue weighted by Gasteiger charge is -2.07. The molecule has 0 aliphatic rings. The number of nitrogens with zero attached hydrogens (tertiary/aromatic N) is 1. The highest BCUT2D eigenvalue weighted by molar-refractivity contribution is 6.30. The maximum Gasteiger partial charge on any atom is 0.269 e. The van der Waals surface area contributed by atoms with Gasteiger partial charge in [0.15, 0.2) is 0 Å². The summed E-state index contributed by atoms with van der Waals surface area (Å²) < 4.78 is 0. The van der Waals surface area contributed by atoms with Gasteiger partial charge in [-0.05, 0) is 36.4 Å². The molecule has 5 nitrogen and oxygen atoms in total. The van der Waals surface area contributed by atoms with Crippen LogP contribution in [0.15, 0.2) is 60.7 Å². The summed E-state index contributed by atoms with van der Waals surface area (Å²) in [7, 11) is 0. The van der Waals surface area contributed by atoms with E-state index in [1.165, 1.54) is 0 Å². The van der Waals surface area contributed by atoms with Crippen molar-refractivity contribution < 1.29 is 9.59 Å². The number of pyridine rings is 1. The lowest BCUT2D eigenvalue weighted by Crippen LogP contribution is -2.35. The number of hydrogen-bond donors (Lipinski definition) is 2. The van der Waals surface area contributed by atoms with E-state index in [1.807, 2.05) is 30.3 Å². The number of para-hydroxylation sites is 1. The second-order valence-corrected chi connectivity index (χ2v) is 5.84. The molecule has 0 saturated heterocycles. The number of carbonyl (C=O) groups excluding carboxylic acids is 2. The molecule has 0 atom stereocenters. The SMILES string of the molecule is O=C(NCCNC(=O)c1ccc2ccccc2n1)c1ccc(Cl)cc1. The molecule has 0 aliphatic heterocycles. The Morgan fingerprint density at radius 3 is 2.28 bits per heavy atom. The van der Waals surface area contributed by atoms with Gasteiger partial charge in [0.2, 0.25) is 0 Å². The van der Waals surface area contributed by atoms with Gasteiger partial charge < -0.3 is 10.6 Å². The zero-order chi connectivity index (χ0) is 17.6. The smallest absolute Gasteiger partial charge is 0.269 e. The van der Waals surface area contributed by atoms with Crippen LogP contribution in [-0.4, -0.2) is 29.9 Å². The quantitative estimate of drug-likeness (QED) is 0.692. The first-order valence-corrected chi connectivity index (χ1v) is 8.19. The summed E-state index contributed by atoms with van der Waals surface area (Å²) in [4.78, 5) is 28.4. The summed E-state index contributed by atoms with van der Waals surface area (Å²) in [5.41, 5.74) is 1.64. The van der Waals surface area contributed by atoms with Crippen LogP contribution < -0.4 is 10.6 Å². The van der Waals surface area contributed by atoms with Crippen LogP contribution in [-0.2, 0) is 0 Å². The van der Waals surface area contributed by atoms with Crippen molar-refractivity contribution in [1.29, 1.82) is 0 Å². The predicted molar refractivity (Wildman–Crippen MR) is 97.9 cm³/mol. The van der Waals surface area contributed by atoms with Crippen LogP contribution in [0.5, 0.6) is 0 Å². The molecule has 0 fully saturated rings. The molecule has 6 heteroatoms. The fraction of sp³-hybridized carbons (Fsp3) is 0.105. The van der Waals surface area contributed by atoms with Gasteiger partial charge in [-0.2, -0.15) is 0 Å². The average molecular weight is 354 g/mol. The first-order chi connectivity index (χ1) is 12.1. The summed E-state index contributed by atoms with van der Waals surface area (Å²) in [5, 5.41) is 7.04. The van der Waals surface area contributed by atoms with Crippen LogP contribution in [0.2, 0.25) is 5.02 Å². The van der Waals surface area contributed by atoms with Crippen LogP contribution in [0.25, 0.3) is 10.9 Å². The van der Waals surface area contributed by atoms with E-state index in [-0.39, 0.29) is 11.8 Å². The molecule has 3 rings (SSSR count). The Kier molecular flexibility index (Phi) is 5.26. The maximum atomic E-state index is 12.1. The fourth-order valence-corrected chi connectivity index (χ4v) is 2.46. The Labute approximate surface area is 150 Å². The van der Waals surface area contributed by atoms with Crippen LogP contribution >= 0.6 is 11.6 Å². The number of aromatic nitrogens is 1. The number of amides is 2. The predicted octanol–water partition coefficient (Wildman–Crippen LogP) is 3.05. The van der Waals surface area contributed by atoms with Crippen LogP contribution in [0.3, 0.4) is 0 Å². The Morgan fingerprint density at radius 1 is 0.840 bits per heavy atom. The molecule has 0 saturated carbocycles. The highest BCUT2D eigenvalue weighted by Crippen LogP contribution is 2.11. The number of hydrogen-bond acceptors (Lipinski definition) is 3. The van der Waals surface area contributed by atoms with Crippen molar-refractivity contribution >= 4 is 34.3 Å². The van der Waals surface area contributed by atoms with Crippen molar-refractivity contribution in [2.24, 2.45) is 0 Å². The van der Waals surface area contributed by atoms with Gasteiger partial charge in [-0.15, -0.1) is 0 Å². The van der Waals surface area contributed by atoms with Crippen molar-refractivity contribution in [1.82, 2.24) is 15.6 Å². The van der Waals surface area contributed by atoms with Gasteiger partial charge >= 0.3 is 0 Å². The molecule has 1 heterocycles. The molecule has 0 aliphatic carbocycles. The van der Waals surface area contributed by atoms with Gasteiger partial charge in [-0.3, -0.25) is 9.59 Å². The monoisotopic (exact) mass is 353 g/mol. The molecule has 2 amide bonds. The summed E-state index contributed by atoms with van der Waals surface area (Å²) >= 11 is 5.79. The first-order valence-electron chi connectivity index (χ1n) is 7.81. The Morgan fingerprint density at radius 2 is 1.52 bits per heavy atom. The molecule has 126 valence electrons. The van der Waals surface area contributed by atoms with Crippen molar-refractivity contribution in [2.45, 2.75) is 0 Å². The van der Waals surface area contributed by atoms with Crippen molar-refractivity contribution in [2.75, 3.05) is 13.1 Å². The summed E-state index contributed by atoms with van der Waals surface area (Å²) in [6, 6.07) is 17.8. The number of benzene rings is 2. The minimum atomic E-state index is -0.272. The van der Waals surface area contributed by atoms with E-state index in [9.17, 15) is 9.59 Å². The molecule has 0 radical (unpaired) electrons. The zero-order valence-corrected chi connectivity index (χ0v) is 14.1. The third-order valence-corrected chi connectivity index (χ3v) is 3.89. The average Bonchev–Trinajstić information content (AvgIpc) is 2.65. The number of fused-ring (bicyclic) bond motifs is 1. The minimum absolute atomic E-state index is 0.213. The third-order valence-electron chi connectivity index (χ3n) is 3.63. The number of halogens is 1. The van der Waals surface area contributed by atoms with Crippen LogP contribution in [0, 0.1) is 0 Å². The van der Waals surface area contributed by atoms with Crippen molar-refractivity contribution in [3.63, 3.8) is 0 Å². The highest BCUT2D eigenvalue weighted by atomic mass is 35.5. The molecule has 25 heavy (non-hydrogen) atoms. The minimum Gasteiger partial charge on any atom is -0.350 e. The lowest BCUT2D eigenvalue weighted by molar-refractivity contribution is 0.0925. The van der Waals surface area contributed by atoms with Crippen molar-refractivity contribution in [3.05, 3.63) is 76.9 Å². The number of carbonyl (C=O) groups is 2. The number of rotatable bonds is 5. The lowest BCUT2D eigenvalue weighted by atomic mass is 10.2. The van der Waals surface area contributed by atoms with E-state index in [4.69, 9.17) is 11.6 Å². The Bertz CT molecular complexity index is 910. The Hall–Kier alpha value is -2.92. The first kappa shape index (κ1) is 16.9. The Balaban J connectivity index is 1.50. The maximum absolute atomic E-state index is 12.1. The zero-order valence-electron chi connectivity index (χ0n) is 13.3. The van der Waals surface area contributed by atoms with Crippen LogP contribution in [0.4, 0.5) is 0 Å². The van der Waals surface area contributed by atoms with Gasteiger partial charge in [0.05, 0.1) is 5.52 Å². The largest absolute Gasteiger partial charge is 0.350 e. The molecular formula is C19H16ClN3O2. The van der Waals surface area contributed by atoms with Gasteiger partial charge in [0.1, 0.15) is 5.69 Å². The second-order valence-electron chi connectivity index (χ2n) is 5.41. The van der Waals surface area contributed by atoms with E-state index in [1.54, 1.807) is 30.3 Å². The normalized spacial score (nSPS) is 10.4. The molecule has 2 N–H and O–H groups in total. The van der Waals surface area contributed by atoms with E-state index < -0.39 is 0 Å². The van der Waals surface area contributed by atoms with E-state index in [0.717, 1.165) is 10.9 Å². The number of nitrogens with one attached hydrogen (secondary N) is 2. The van der Waals surface area contributed by atoms with E-state index in [0.29, 0.717) is 29.4 Å². The second kappa shape index (κ2) is 7.77. The highest BCUT2D eigenvalue weighted by Gasteiger charge is 2.08. The molecule has 0 spiro atoms.